The molecule has 0 saturated heterocycles. The van der Waals surface area contributed by atoms with Crippen molar-refractivity contribution in [1.29, 1.82) is 5.26 Å². The molecule has 0 aliphatic rings. The summed E-state index contributed by atoms with van der Waals surface area (Å²) in [5, 5.41) is 8.85. The summed E-state index contributed by atoms with van der Waals surface area (Å²) < 4.78 is 4.89. The second-order valence-electron chi connectivity index (χ2n) is 5.89. The molecule has 0 atom stereocenters. The van der Waals surface area contributed by atoms with Crippen molar-refractivity contribution in [2.75, 3.05) is 0 Å². The van der Waals surface area contributed by atoms with E-state index in [0.29, 0.717) is 5.56 Å². The van der Waals surface area contributed by atoms with Crippen LogP contribution in [0.2, 0.25) is 0 Å². The number of hydrogen-bond acceptors (Lipinski definition) is 2. The molecule has 0 aliphatic heterocycles. The lowest BCUT2D eigenvalue weighted by Gasteiger charge is -2.09. The van der Waals surface area contributed by atoms with Gasteiger partial charge >= 0.3 is 0 Å². The van der Waals surface area contributed by atoms with Crippen LogP contribution in [0.25, 0.3) is 5.69 Å². The maximum absolute atomic E-state index is 12.7. The molecule has 3 aromatic rings. The monoisotopic (exact) mass is 429 g/mol. The highest BCUT2D eigenvalue weighted by Crippen LogP contribution is 2.22. The van der Waals surface area contributed by atoms with E-state index >= 15 is 0 Å². The first-order valence-corrected chi connectivity index (χ1v) is 8.66. The Bertz CT molecular complexity index is 970. The Kier molecular flexibility index (Phi) is 6.36. The van der Waals surface area contributed by atoms with Crippen LogP contribution in [-0.4, -0.2) is 10.4 Å². The van der Waals surface area contributed by atoms with Crippen molar-refractivity contribution in [2.45, 2.75) is 20.4 Å². The van der Waals surface area contributed by atoms with Crippen LogP contribution in [0.1, 0.15) is 27.3 Å². The second-order valence-corrected chi connectivity index (χ2v) is 6.81. The van der Waals surface area contributed by atoms with E-state index in [1.807, 2.05) is 44.2 Å². The maximum atomic E-state index is 12.7. The number of nitriles is 1. The van der Waals surface area contributed by atoms with E-state index in [9.17, 15) is 4.79 Å². The fourth-order valence-electron chi connectivity index (χ4n) is 2.92. The standard InChI is InChI=1S/C20H17BrN3O.ClH/c1-14-11-19(15(2)24(14)18-5-3-17(21)4-6-18)20(25)13-23-9-7-16(12-22)8-10-23;/h3-11H,13H2,1-2H3;1H/q+1;/p-1. The summed E-state index contributed by atoms with van der Waals surface area (Å²) in [6, 6.07) is 15.4. The van der Waals surface area contributed by atoms with Crippen molar-refractivity contribution >= 4 is 21.7 Å². The fraction of sp³-hybridized carbons (Fsp3) is 0.150. The minimum atomic E-state index is 0. The van der Waals surface area contributed by atoms with Crippen molar-refractivity contribution in [1.82, 2.24) is 4.57 Å². The molecule has 2 heterocycles. The normalized spacial score (nSPS) is 10.1. The molecule has 1 aromatic carbocycles. The summed E-state index contributed by atoms with van der Waals surface area (Å²) in [7, 11) is 0. The van der Waals surface area contributed by atoms with Crippen molar-refractivity contribution < 1.29 is 21.8 Å². The van der Waals surface area contributed by atoms with Crippen LogP contribution in [0.15, 0.2) is 59.3 Å². The lowest BCUT2D eigenvalue weighted by molar-refractivity contribution is -0.683. The van der Waals surface area contributed by atoms with Gasteiger partial charge in [0.05, 0.1) is 11.6 Å². The third kappa shape index (κ3) is 4.04. The predicted molar refractivity (Wildman–Crippen MR) is 98.6 cm³/mol. The SMILES string of the molecule is Cc1cc(C(=O)C[n+]2ccc(C#N)cc2)c(C)n1-c1ccc(Br)cc1.[Cl-]. The molecule has 0 amide bonds. The first-order chi connectivity index (χ1) is 12.0. The van der Waals surface area contributed by atoms with Gasteiger partial charge in [0, 0.05) is 39.2 Å². The number of carbonyl (C=O) groups excluding carboxylic acids is 1. The number of aromatic nitrogens is 2. The van der Waals surface area contributed by atoms with Gasteiger partial charge in [-0.3, -0.25) is 4.79 Å². The topological polar surface area (TPSA) is 49.7 Å². The molecule has 0 saturated carbocycles. The minimum Gasteiger partial charge on any atom is -1.00 e. The summed E-state index contributed by atoms with van der Waals surface area (Å²) in [6.07, 6.45) is 3.51. The van der Waals surface area contributed by atoms with Crippen LogP contribution in [-0.2, 0) is 6.54 Å². The molecule has 6 heteroatoms. The van der Waals surface area contributed by atoms with E-state index in [1.165, 1.54) is 0 Å². The number of hydrogen-bond donors (Lipinski definition) is 0. The molecule has 2 aromatic heterocycles. The molecule has 0 aliphatic carbocycles. The number of pyridine rings is 1. The van der Waals surface area contributed by atoms with E-state index in [2.05, 4.69) is 26.6 Å². The third-order valence-electron chi connectivity index (χ3n) is 4.16. The molecule has 3 rings (SSSR count). The summed E-state index contributed by atoms with van der Waals surface area (Å²) in [6.45, 7) is 4.21. The quantitative estimate of drug-likeness (QED) is 0.456. The molecule has 0 fully saturated rings. The molecule has 0 N–H and O–H groups in total. The Labute approximate surface area is 167 Å². The molecule has 0 unspecified atom stereocenters. The zero-order valence-corrected chi connectivity index (χ0v) is 16.8. The second kappa shape index (κ2) is 8.31. The number of aryl methyl sites for hydroxylation is 1. The van der Waals surface area contributed by atoms with Gasteiger partial charge in [0.15, 0.2) is 12.4 Å². The zero-order chi connectivity index (χ0) is 18.0. The summed E-state index contributed by atoms with van der Waals surface area (Å²) in [5.74, 6) is 0.0474. The Morgan fingerprint density at radius 1 is 1.15 bits per heavy atom. The molecule has 0 bridgehead atoms. The number of benzene rings is 1. The average Bonchev–Trinajstić information content (AvgIpc) is 2.91. The highest BCUT2D eigenvalue weighted by molar-refractivity contribution is 9.10. The van der Waals surface area contributed by atoms with Crippen LogP contribution >= 0.6 is 15.9 Å². The van der Waals surface area contributed by atoms with Gasteiger partial charge in [0.2, 0.25) is 12.3 Å². The molecule has 26 heavy (non-hydrogen) atoms. The Balaban J connectivity index is 0.00000243. The molecule has 132 valence electrons. The van der Waals surface area contributed by atoms with Crippen molar-refractivity contribution in [3.8, 4) is 11.8 Å². The van der Waals surface area contributed by atoms with Gasteiger partial charge in [-0.1, -0.05) is 15.9 Å². The molecular formula is C20H17BrClN3O. The first-order valence-electron chi connectivity index (χ1n) is 7.87. The molecule has 0 radical (unpaired) electrons. The number of rotatable bonds is 4. The number of ketones is 1. The summed E-state index contributed by atoms with van der Waals surface area (Å²) in [5.41, 5.74) is 4.28. The predicted octanol–water partition coefficient (Wildman–Crippen LogP) is 0.903. The van der Waals surface area contributed by atoms with Gasteiger partial charge in [-0.15, -0.1) is 0 Å². The Morgan fingerprint density at radius 2 is 1.77 bits per heavy atom. The van der Waals surface area contributed by atoms with E-state index < -0.39 is 0 Å². The van der Waals surface area contributed by atoms with Crippen LogP contribution in [0.4, 0.5) is 0 Å². The summed E-state index contributed by atoms with van der Waals surface area (Å²) in [4.78, 5) is 12.7. The first kappa shape index (κ1) is 19.9. The smallest absolute Gasteiger partial charge is 0.229 e. The fourth-order valence-corrected chi connectivity index (χ4v) is 3.19. The minimum absolute atomic E-state index is 0. The van der Waals surface area contributed by atoms with Gasteiger partial charge < -0.3 is 17.0 Å². The third-order valence-corrected chi connectivity index (χ3v) is 4.69. The molecule has 4 nitrogen and oxygen atoms in total. The van der Waals surface area contributed by atoms with Gasteiger partial charge in [-0.05, 0) is 44.2 Å². The number of carbonyl (C=O) groups is 1. The van der Waals surface area contributed by atoms with Crippen molar-refractivity contribution in [3.63, 3.8) is 0 Å². The Hall–Kier alpha value is -2.42. The van der Waals surface area contributed by atoms with Crippen molar-refractivity contribution in [3.05, 3.63) is 81.8 Å². The van der Waals surface area contributed by atoms with Gasteiger partial charge in [-0.2, -0.15) is 9.83 Å². The van der Waals surface area contributed by atoms with Crippen LogP contribution in [0, 0.1) is 25.2 Å². The van der Waals surface area contributed by atoms with Crippen LogP contribution in [0.5, 0.6) is 0 Å². The largest absolute Gasteiger partial charge is 1.00 e. The highest BCUT2D eigenvalue weighted by Gasteiger charge is 2.19. The van der Waals surface area contributed by atoms with Crippen LogP contribution in [0.3, 0.4) is 0 Å². The van der Waals surface area contributed by atoms with E-state index in [0.717, 1.165) is 27.1 Å². The number of Topliss-reactive ketones (excluding diaryl/α,β-unsaturated/α-hetero) is 1. The molecular weight excluding hydrogens is 414 g/mol. The zero-order valence-electron chi connectivity index (χ0n) is 14.4. The Morgan fingerprint density at radius 3 is 2.35 bits per heavy atom. The van der Waals surface area contributed by atoms with Crippen molar-refractivity contribution in [2.24, 2.45) is 0 Å². The number of halogens is 2. The van der Waals surface area contributed by atoms with Crippen LogP contribution < -0.4 is 17.0 Å². The van der Waals surface area contributed by atoms with Gasteiger partial charge in [0.25, 0.3) is 0 Å². The number of nitrogens with zero attached hydrogens (tertiary/aromatic N) is 3. The average molecular weight is 431 g/mol. The van der Waals surface area contributed by atoms with E-state index in [4.69, 9.17) is 5.26 Å². The molecule has 0 spiro atoms. The van der Waals surface area contributed by atoms with Gasteiger partial charge in [-0.25, -0.2) is 0 Å². The highest BCUT2D eigenvalue weighted by atomic mass is 79.9. The lowest BCUT2D eigenvalue weighted by Crippen LogP contribution is -3.00. The van der Waals surface area contributed by atoms with E-state index in [1.54, 1.807) is 29.1 Å². The van der Waals surface area contributed by atoms with E-state index in [-0.39, 0.29) is 24.7 Å². The lowest BCUT2D eigenvalue weighted by atomic mass is 10.1. The summed E-state index contributed by atoms with van der Waals surface area (Å²) >= 11 is 3.44. The maximum Gasteiger partial charge on any atom is 0.229 e. The van der Waals surface area contributed by atoms with Gasteiger partial charge in [0.1, 0.15) is 0 Å².